The van der Waals surface area contributed by atoms with Gasteiger partial charge in [-0.25, -0.2) is 0 Å². The third-order valence-corrected chi connectivity index (χ3v) is 6.37. The van der Waals surface area contributed by atoms with Gasteiger partial charge in [-0.05, 0) is 29.3 Å². The maximum Gasteiger partial charge on any atom is 0.255 e. The molecule has 5 nitrogen and oxygen atoms in total. The summed E-state index contributed by atoms with van der Waals surface area (Å²) in [7, 11) is 1.57. The molecule has 1 N–H and O–H groups in total. The summed E-state index contributed by atoms with van der Waals surface area (Å²) in [5, 5.41) is 2.96. The van der Waals surface area contributed by atoms with E-state index in [0.29, 0.717) is 29.3 Å². The molecular weight excluding hydrogens is 408 g/mol. The molecule has 0 saturated heterocycles. The van der Waals surface area contributed by atoms with Crippen molar-refractivity contribution in [3.63, 3.8) is 0 Å². The van der Waals surface area contributed by atoms with Gasteiger partial charge in [0.05, 0.1) is 12.8 Å². The zero-order valence-corrected chi connectivity index (χ0v) is 18.1. The fourth-order valence-corrected chi connectivity index (χ4v) is 4.76. The number of hydrogen-bond donors (Lipinski definition) is 1. The number of anilines is 1. The molecule has 0 unspecified atom stereocenters. The minimum absolute atomic E-state index is 0.101. The first kappa shape index (κ1) is 21.0. The average Bonchev–Trinajstić information content (AvgIpc) is 3.14. The van der Waals surface area contributed by atoms with E-state index in [2.05, 4.69) is 17.4 Å². The lowest BCUT2D eigenvalue weighted by molar-refractivity contribution is -0.119. The Bertz CT molecular complexity index is 1070. The van der Waals surface area contributed by atoms with Crippen LogP contribution in [0, 0.1) is 0 Å². The minimum Gasteiger partial charge on any atom is -0.495 e. The summed E-state index contributed by atoms with van der Waals surface area (Å²) in [6, 6.07) is 24.3. The maximum absolute atomic E-state index is 13.3. The molecule has 0 radical (unpaired) electrons. The summed E-state index contributed by atoms with van der Waals surface area (Å²) in [4.78, 5) is 28.1. The van der Waals surface area contributed by atoms with E-state index in [9.17, 15) is 9.59 Å². The van der Waals surface area contributed by atoms with Gasteiger partial charge in [-0.15, -0.1) is 0 Å². The van der Waals surface area contributed by atoms with Crippen LogP contribution in [0.2, 0.25) is 0 Å². The van der Waals surface area contributed by atoms with Gasteiger partial charge in [0.2, 0.25) is 5.91 Å². The monoisotopic (exact) mass is 432 g/mol. The second kappa shape index (κ2) is 9.71. The molecular formula is C25H24N2O3S. The first-order valence-electron chi connectivity index (χ1n) is 10.1. The predicted octanol–water partition coefficient (Wildman–Crippen LogP) is 4.59. The van der Waals surface area contributed by atoms with Crippen molar-refractivity contribution in [2.45, 2.75) is 18.3 Å². The molecule has 4 rings (SSSR count). The highest BCUT2D eigenvalue weighted by molar-refractivity contribution is 7.98. The van der Waals surface area contributed by atoms with E-state index in [1.807, 2.05) is 54.6 Å². The normalized spacial score (nSPS) is 13.6. The summed E-state index contributed by atoms with van der Waals surface area (Å²) in [5.41, 5.74) is 3.41. The number of nitrogens with zero attached hydrogens (tertiary/aromatic N) is 1. The van der Waals surface area contributed by atoms with Gasteiger partial charge in [-0.3, -0.25) is 9.59 Å². The number of benzene rings is 3. The van der Waals surface area contributed by atoms with E-state index in [4.69, 9.17) is 4.74 Å². The molecule has 0 fully saturated rings. The van der Waals surface area contributed by atoms with Crippen LogP contribution >= 0.6 is 11.8 Å². The number of fused-ring (bicyclic) bond motifs is 1. The molecule has 0 aliphatic carbocycles. The smallest absolute Gasteiger partial charge is 0.255 e. The van der Waals surface area contributed by atoms with Gasteiger partial charge in [0.25, 0.3) is 5.91 Å². The molecule has 0 spiro atoms. The zero-order chi connectivity index (χ0) is 21.6. The van der Waals surface area contributed by atoms with E-state index in [1.54, 1.807) is 35.9 Å². The van der Waals surface area contributed by atoms with Crippen LogP contribution in [0.25, 0.3) is 0 Å². The van der Waals surface area contributed by atoms with E-state index in [-0.39, 0.29) is 11.8 Å². The fourth-order valence-electron chi connectivity index (χ4n) is 3.66. The molecule has 158 valence electrons. The van der Waals surface area contributed by atoms with Crippen LogP contribution in [0.1, 0.15) is 21.5 Å². The molecule has 2 amide bonds. The highest BCUT2D eigenvalue weighted by Gasteiger charge is 2.36. The van der Waals surface area contributed by atoms with Crippen molar-refractivity contribution >= 4 is 29.3 Å². The number of amides is 2. The quantitative estimate of drug-likeness (QED) is 0.566. The first-order valence-corrected chi connectivity index (χ1v) is 11.3. The number of ether oxygens (including phenoxy) is 1. The lowest BCUT2D eigenvalue weighted by Gasteiger charge is -2.27. The molecule has 1 aliphatic heterocycles. The van der Waals surface area contributed by atoms with Gasteiger partial charge in [0.15, 0.2) is 0 Å². The standard InChI is InChI=1S/C25H24N2O3S/c1-30-23-14-8-7-13-21(23)26-24(28)22(17-31-16-18-9-3-2-4-10-18)27-15-19-11-5-6-12-20(19)25(27)29/h2-14,22H,15-17H2,1H3,(H,26,28)/t22-/m0/s1. The Balaban J connectivity index is 1.53. The number of carbonyl (C=O) groups is 2. The summed E-state index contributed by atoms with van der Waals surface area (Å²) in [5.74, 6) is 1.54. The van der Waals surface area contributed by atoms with Gasteiger partial charge in [0.1, 0.15) is 11.8 Å². The Morgan fingerprint density at radius 3 is 2.52 bits per heavy atom. The molecule has 6 heteroatoms. The van der Waals surface area contributed by atoms with Gasteiger partial charge >= 0.3 is 0 Å². The highest BCUT2D eigenvalue weighted by atomic mass is 32.2. The SMILES string of the molecule is COc1ccccc1NC(=O)[C@H](CSCc1ccccc1)N1Cc2ccccc2C1=O. The number of nitrogens with one attached hydrogen (secondary N) is 1. The van der Waals surface area contributed by atoms with Gasteiger partial charge < -0.3 is 15.0 Å². The number of hydrogen-bond acceptors (Lipinski definition) is 4. The molecule has 1 atom stereocenters. The van der Waals surface area contributed by atoms with Crippen molar-refractivity contribution in [2.75, 3.05) is 18.2 Å². The van der Waals surface area contributed by atoms with Crippen LogP contribution in [0.4, 0.5) is 5.69 Å². The number of carbonyl (C=O) groups excluding carboxylic acids is 2. The first-order chi connectivity index (χ1) is 15.2. The predicted molar refractivity (Wildman–Crippen MR) is 124 cm³/mol. The zero-order valence-electron chi connectivity index (χ0n) is 17.3. The molecule has 31 heavy (non-hydrogen) atoms. The lowest BCUT2D eigenvalue weighted by Crippen LogP contribution is -2.46. The second-order valence-corrected chi connectivity index (χ2v) is 8.33. The van der Waals surface area contributed by atoms with Gasteiger partial charge in [-0.2, -0.15) is 11.8 Å². The van der Waals surface area contributed by atoms with Crippen LogP contribution in [-0.2, 0) is 17.1 Å². The van der Waals surface area contributed by atoms with E-state index in [1.165, 1.54) is 5.56 Å². The second-order valence-electron chi connectivity index (χ2n) is 7.30. The van der Waals surface area contributed by atoms with Crippen LogP contribution in [0.3, 0.4) is 0 Å². The molecule has 3 aromatic rings. The molecule has 0 bridgehead atoms. The van der Waals surface area contributed by atoms with E-state index in [0.717, 1.165) is 11.3 Å². The van der Waals surface area contributed by atoms with Crippen molar-refractivity contribution in [1.29, 1.82) is 0 Å². The molecule has 3 aromatic carbocycles. The van der Waals surface area contributed by atoms with Crippen LogP contribution < -0.4 is 10.1 Å². The van der Waals surface area contributed by atoms with Crippen molar-refractivity contribution in [1.82, 2.24) is 4.90 Å². The Labute approximate surface area is 186 Å². The Kier molecular flexibility index (Phi) is 6.57. The summed E-state index contributed by atoms with van der Waals surface area (Å²) in [6.07, 6.45) is 0. The number of rotatable bonds is 8. The lowest BCUT2D eigenvalue weighted by atomic mass is 10.1. The third kappa shape index (κ3) is 4.75. The highest BCUT2D eigenvalue weighted by Crippen LogP contribution is 2.29. The third-order valence-electron chi connectivity index (χ3n) is 5.28. The van der Waals surface area contributed by atoms with Crippen molar-refractivity contribution < 1.29 is 14.3 Å². The number of methoxy groups -OCH3 is 1. The Hall–Kier alpha value is -3.25. The average molecular weight is 433 g/mol. The van der Waals surface area contributed by atoms with Crippen molar-refractivity contribution in [3.05, 3.63) is 95.6 Å². The summed E-state index contributed by atoms with van der Waals surface area (Å²) < 4.78 is 5.36. The molecule has 0 saturated carbocycles. The van der Waals surface area contributed by atoms with Crippen molar-refractivity contribution in [3.8, 4) is 5.75 Å². The Morgan fingerprint density at radius 2 is 1.74 bits per heavy atom. The van der Waals surface area contributed by atoms with Crippen LogP contribution in [0.15, 0.2) is 78.9 Å². The van der Waals surface area contributed by atoms with Crippen LogP contribution in [-0.4, -0.2) is 35.6 Å². The maximum atomic E-state index is 13.3. The number of thioether (sulfide) groups is 1. The molecule has 0 aromatic heterocycles. The molecule has 1 heterocycles. The van der Waals surface area contributed by atoms with E-state index >= 15 is 0 Å². The molecule has 1 aliphatic rings. The summed E-state index contributed by atoms with van der Waals surface area (Å²) >= 11 is 1.64. The largest absolute Gasteiger partial charge is 0.495 e. The topological polar surface area (TPSA) is 58.6 Å². The minimum atomic E-state index is -0.599. The van der Waals surface area contributed by atoms with Crippen molar-refractivity contribution in [2.24, 2.45) is 0 Å². The summed E-state index contributed by atoms with van der Waals surface area (Å²) in [6.45, 7) is 0.435. The number of para-hydroxylation sites is 2. The Morgan fingerprint density at radius 1 is 1.03 bits per heavy atom. The van der Waals surface area contributed by atoms with Crippen LogP contribution in [0.5, 0.6) is 5.75 Å². The van der Waals surface area contributed by atoms with Gasteiger partial charge in [-0.1, -0.05) is 60.7 Å². The van der Waals surface area contributed by atoms with Gasteiger partial charge in [0, 0.05) is 23.6 Å². The van der Waals surface area contributed by atoms with E-state index < -0.39 is 6.04 Å². The fraction of sp³-hybridized carbons (Fsp3) is 0.200.